The van der Waals surface area contributed by atoms with E-state index in [0.717, 1.165) is 12.1 Å². The highest BCUT2D eigenvalue weighted by Crippen LogP contribution is 2.29. The molecule has 2 N–H and O–H groups in total. The van der Waals surface area contributed by atoms with E-state index in [-0.39, 0.29) is 0 Å². The van der Waals surface area contributed by atoms with Gasteiger partial charge in [0, 0.05) is 22.9 Å². The summed E-state index contributed by atoms with van der Waals surface area (Å²) < 4.78 is 38.9. The Morgan fingerprint density at radius 3 is 2.07 bits per heavy atom. The van der Waals surface area contributed by atoms with Crippen LogP contribution < -0.4 is 3.53 Å². The summed E-state index contributed by atoms with van der Waals surface area (Å²) in [6.07, 6.45) is -5.28. The molecule has 0 aliphatic heterocycles. The van der Waals surface area contributed by atoms with Crippen LogP contribution in [0, 0.1) is 0 Å². The van der Waals surface area contributed by atoms with E-state index in [2.05, 4.69) is 3.53 Å². The van der Waals surface area contributed by atoms with Crippen molar-refractivity contribution in [1.82, 2.24) is 3.53 Å². The van der Waals surface area contributed by atoms with Crippen LogP contribution in [0.25, 0.3) is 0 Å². The number of hydrogen-bond donors (Lipinski definition) is 2. The first-order valence-electron chi connectivity index (χ1n) is 3.66. The van der Waals surface area contributed by atoms with Crippen LogP contribution in [0.1, 0.15) is 17.4 Å². The highest BCUT2D eigenvalue weighted by atomic mass is 127. The summed E-state index contributed by atoms with van der Waals surface area (Å²) in [6.45, 7) is 0. The summed E-state index contributed by atoms with van der Waals surface area (Å²) in [7, 11) is 0. The van der Waals surface area contributed by atoms with Crippen molar-refractivity contribution in [1.29, 1.82) is 0 Å². The van der Waals surface area contributed by atoms with E-state index in [1.54, 1.807) is 22.9 Å². The van der Waals surface area contributed by atoms with Gasteiger partial charge in [0.15, 0.2) is 0 Å². The fourth-order valence-corrected chi connectivity index (χ4v) is 1.28. The second-order valence-electron chi connectivity index (χ2n) is 2.63. The second kappa shape index (κ2) is 4.45. The molecule has 78 valence electrons. The molecule has 1 unspecified atom stereocenters. The summed E-state index contributed by atoms with van der Waals surface area (Å²) in [5, 5.41) is 9.22. The Balaban J connectivity index is 2.89. The SMILES string of the molecule is OC(NI)c1ccc(C(F)(F)F)cc1. The predicted octanol–water partition coefficient (Wildman–Crippen LogP) is 2.64. The third-order valence-corrected chi connectivity index (χ3v) is 2.25. The predicted molar refractivity (Wildman–Crippen MR) is 53.6 cm³/mol. The minimum absolute atomic E-state index is 0.396. The average Bonchev–Trinajstić information content (AvgIpc) is 2.15. The molecule has 14 heavy (non-hydrogen) atoms. The van der Waals surface area contributed by atoms with Crippen molar-refractivity contribution in [2.45, 2.75) is 12.4 Å². The van der Waals surface area contributed by atoms with Crippen molar-refractivity contribution in [3.63, 3.8) is 0 Å². The topological polar surface area (TPSA) is 32.3 Å². The number of aliphatic hydroxyl groups excluding tert-OH is 1. The van der Waals surface area contributed by atoms with Crippen LogP contribution in [-0.4, -0.2) is 5.11 Å². The van der Waals surface area contributed by atoms with E-state index in [0.29, 0.717) is 5.56 Å². The molecule has 0 saturated carbocycles. The van der Waals surface area contributed by atoms with E-state index in [1.807, 2.05) is 0 Å². The van der Waals surface area contributed by atoms with Gasteiger partial charge in [0.1, 0.15) is 6.23 Å². The van der Waals surface area contributed by atoms with Crippen LogP contribution >= 0.6 is 22.9 Å². The van der Waals surface area contributed by atoms with Crippen molar-refractivity contribution in [2.24, 2.45) is 0 Å². The summed E-state index contributed by atoms with van der Waals surface area (Å²) >= 11 is 1.72. The number of hydrogen-bond acceptors (Lipinski definition) is 2. The van der Waals surface area contributed by atoms with Crippen molar-refractivity contribution < 1.29 is 18.3 Å². The zero-order valence-electron chi connectivity index (χ0n) is 6.85. The normalized spacial score (nSPS) is 14.1. The van der Waals surface area contributed by atoms with Crippen molar-refractivity contribution in [3.05, 3.63) is 35.4 Å². The highest BCUT2D eigenvalue weighted by molar-refractivity contribution is 14.1. The van der Waals surface area contributed by atoms with Gasteiger partial charge in [-0.15, -0.1) is 0 Å². The van der Waals surface area contributed by atoms with Gasteiger partial charge in [0.25, 0.3) is 0 Å². The molecule has 0 bridgehead atoms. The fourth-order valence-electron chi connectivity index (χ4n) is 0.917. The first kappa shape index (κ1) is 11.7. The molecule has 0 spiro atoms. The van der Waals surface area contributed by atoms with Gasteiger partial charge in [-0.05, 0) is 17.7 Å². The van der Waals surface area contributed by atoms with Crippen LogP contribution in [0.2, 0.25) is 0 Å². The molecule has 1 aromatic carbocycles. The lowest BCUT2D eigenvalue weighted by molar-refractivity contribution is -0.137. The Morgan fingerprint density at radius 2 is 1.71 bits per heavy atom. The number of alkyl halides is 3. The number of rotatable bonds is 2. The van der Waals surface area contributed by atoms with Crippen molar-refractivity contribution >= 4 is 22.9 Å². The van der Waals surface area contributed by atoms with Gasteiger partial charge in [-0.1, -0.05) is 12.1 Å². The maximum absolute atomic E-state index is 12.1. The highest BCUT2D eigenvalue weighted by Gasteiger charge is 2.30. The zero-order chi connectivity index (χ0) is 10.8. The van der Waals surface area contributed by atoms with Crippen LogP contribution in [0.15, 0.2) is 24.3 Å². The Kier molecular flexibility index (Phi) is 3.73. The van der Waals surface area contributed by atoms with E-state index in [9.17, 15) is 18.3 Å². The van der Waals surface area contributed by atoms with Gasteiger partial charge in [-0.3, -0.25) is 0 Å². The number of halogens is 4. The Labute approximate surface area is 92.6 Å². The molecule has 0 amide bonds. The summed E-state index contributed by atoms with van der Waals surface area (Å²) in [5.74, 6) is 0. The molecule has 1 rings (SSSR count). The minimum atomic E-state index is -4.33. The third kappa shape index (κ3) is 2.82. The monoisotopic (exact) mass is 317 g/mol. The van der Waals surface area contributed by atoms with E-state index in [4.69, 9.17) is 0 Å². The molecule has 0 aliphatic rings. The Bertz CT molecular complexity index is 298. The molecule has 1 aromatic rings. The van der Waals surface area contributed by atoms with Crippen LogP contribution in [0.5, 0.6) is 0 Å². The first-order valence-corrected chi connectivity index (χ1v) is 4.74. The molecule has 1 atom stereocenters. The summed E-state index contributed by atoms with van der Waals surface area (Å²) in [5.41, 5.74) is -0.325. The van der Waals surface area contributed by atoms with Crippen LogP contribution in [-0.2, 0) is 6.18 Å². The van der Waals surface area contributed by atoms with Gasteiger partial charge in [0.2, 0.25) is 0 Å². The van der Waals surface area contributed by atoms with Crippen molar-refractivity contribution in [2.75, 3.05) is 0 Å². The fraction of sp³-hybridized carbons (Fsp3) is 0.250. The Morgan fingerprint density at radius 1 is 1.21 bits per heavy atom. The summed E-state index contributed by atoms with van der Waals surface area (Å²) in [6, 6.07) is 4.34. The first-order chi connectivity index (χ1) is 6.45. The van der Waals surface area contributed by atoms with Crippen LogP contribution in [0.3, 0.4) is 0 Å². The third-order valence-electron chi connectivity index (χ3n) is 1.66. The summed E-state index contributed by atoms with van der Waals surface area (Å²) in [4.78, 5) is 0. The smallest absolute Gasteiger partial charge is 0.374 e. The van der Waals surface area contributed by atoms with E-state index >= 15 is 0 Å². The number of aliphatic hydroxyl groups is 1. The van der Waals surface area contributed by atoms with Crippen molar-refractivity contribution in [3.8, 4) is 0 Å². The molecular formula is C8H7F3INO. The minimum Gasteiger partial charge on any atom is -0.374 e. The molecular weight excluding hydrogens is 310 g/mol. The van der Waals surface area contributed by atoms with Gasteiger partial charge in [-0.2, -0.15) is 13.2 Å². The lowest BCUT2D eigenvalue weighted by Crippen LogP contribution is -2.10. The zero-order valence-corrected chi connectivity index (χ0v) is 9.00. The molecule has 2 nitrogen and oxygen atoms in total. The molecule has 0 aromatic heterocycles. The van der Waals surface area contributed by atoms with Gasteiger partial charge >= 0.3 is 6.18 Å². The largest absolute Gasteiger partial charge is 0.416 e. The lowest BCUT2D eigenvalue weighted by atomic mass is 10.1. The van der Waals surface area contributed by atoms with Gasteiger partial charge < -0.3 is 5.11 Å². The maximum atomic E-state index is 12.1. The number of benzene rings is 1. The molecule has 0 fully saturated rings. The van der Waals surface area contributed by atoms with Crippen LogP contribution in [0.4, 0.5) is 13.2 Å². The molecule has 0 aliphatic carbocycles. The Hall–Kier alpha value is -0.340. The number of nitrogens with one attached hydrogen (secondary N) is 1. The average molecular weight is 317 g/mol. The van der Waals surface area contributed by atoms with Gasteiger partial charge in [-0.25, -0.2) is 3.53 Å². The van der Waals surface area contributed by atoms with E-state index < -0.39 is 18.0 Å². The lowest BCUT2D eigenvalue weighted by Gasteiger charge is -2.10. The molecule has 6 heteroatoms. The standard InChI is InChI=1S/C8H7F3INO/c9-8(10,11)6-3-1-5(2-4-6)7(14)13-12/h1-4,7,13-14H. The molecule has 0 radical (unpaired) electrons. The molecule has 0 heterocycles. The maximum Gasteiger partial charge on any atom is 0.416 e. The van der Waals surface area contributed by atoms with E-state index in [1.165, 1.54) is 12.1 Å². The van der Waals surface area contributed by atoms with Gasteiger partial charge in [0.05, 0.1) is 5.56 Å². The second-order valence-corrected chi connectivity index (χ2v) is 3.25. The quantitative estimate of drug-likeness (QED) is 0.499. The molecule has 0 saturated heterocycles.